The quantitative estimate of drug-likeness (QED) is 0.746. The smallest absolute Gasteiger partial charge is 0.262 e. The van der Waals surface area contributed by atoms with Crippen molar-refractivity contribution in [1.29, 1.82) is 0 Å². The van der Waals surface area contributed by atoms with Gasteiger partial charge in [-0.25, -0.2) is 8.42 Å². The van der Waals surface area contributed by atoms with Crippen LogP contribution in [0.15, 0.2) is 41.3 Å². The molecule has 11 heteroatoms. The van der Waals surface area contributed by atoms with Gasteiger partial charge in [0.2, 0.25) is 16.8 Å². The minimum absolute atomic E-state index is 0.0626. The first-order chi connectivity index (χ1) is 14.9. The first kappa shape index (κ1) is 19.6. The average Bonchev–Trinajstić information content (AvgIpc) is 3.26. The highest BCUT2D eigenvalue weighted by Crippen LogP contribution is 2.33. The van der Waals surface area contributed by atoms with Crippen molar-refractivity contribution in [3.05, 3.63) is 42.0 Å². The third-order valence-electron chi connectivity index (χ3n) is 5.37. The Morgan fingerprint density at radius 3 is 2.45 bits per heavy atom. The van der Waals surface area contributed by atoms with Crippen LogP contribution in [0.5, 0.6) is 17.2 Å². The normalized spacial score (nSPS) is 18.2. The summed E-state index contributed by atoms with van der Waals surface area (Å²) in [5.74, 6) is 1.02. The van der Waals surface area contributed by atoms with E-state index in [1.165, 1.54) is 22.5 Å². The topological polar surface area (TPSA) is 114 Å². The van der Waals surface area contributed by atoms with Gasteiger partial charge in [0.1, 0.15) is 5.75 Å². The summed E-state index contributed by atoms with van der Waals surface area (Å²) in [6.07, 6.45) is 0. The maximum atomic E-state index is 13.1. The number of piperazine rings is 1. The predicted molar refractivity (Wildman–Crippen MR) is 108 cm³/mol. The fourth-order valence-corrected chi connectivity index (χ4v) is 5.16. The van der Waals surface area contributed by atoms with Crippen molar-refractivity contribution in [3.8, 4) is 17.2 Å². The molecule has 1 saturated heterocycles. The molecular formula is C20H19N3O7S. The average molecular weight is 445 g/mol. The second kappa shape index (κ2) is 7.43. The zero-order valence-electron chi connectivity index (χ0n) is 16.4. The monoisotopic (exact) mass is 445 g/mol. The van der Waals surface area contributed by atoms with Crippen LogP contribution in [0, 0.1) is 0 Å². The summed E-state index contributed by atoms with van der Waals surface area (Å²) in [6, 6.07) is 9.37. The number of carbonyl (C=O) groups excluding carboxylic acids is 2. The van der Waals surface area contributed by atoms with Crippen LogP contribution < -0.4 is 19.5 Å². The number of fused-ring (bicyclic) bond motifs is 2. The molecule has 1 N–H and O–H groups in total. The third kappa shape index (κ3) is 3.55. The van der Waals surface area contributed by atoms with E-state index in [0.29, 0.717) is 28.5 Å². The number of hydrogen-bond acceptors (Lipinski definition) is 7. The third-order valence-corrected chi connectivity index (χ3v) is 7.26. The number of benzene rings is 2. The van der Waals surface area contributed by atoms with E-state index in [0.717, 1.165) is 0 Å². The zero-order valence-corrected chi connectivity index (χ0v) is 17.2. The predicted octanol–water partition coefficient (Wildman–Crippen LogP) is 0.893. The molecular weight excluding hydrogens is 426 g/mol. The van der Waals surface area contributed by atoms with E-state index < -0.39 is 10.0 Å². The van der Waals surface area contributed by atoms with Crippen LogP contribution in [-0.2, 0) is 14.8 Å². The molecule has 31 heavy (non-hydrogen) atoms. The SMILES string of the molecule is O=C1COc2ccc(S(=O)(=O)N3CCN(C(=O)c4ccc5c(c4)OCO5)CC3)cc2N1. The number of nitrogens with one attached hydrogen (secondary N) is 1. The van der Waals surface area contributed by atoms with E-state index in [-0.39, 0.29) is 56.3 Å². The maximum Gasteiger partial charge on any atom is 0.262 e. The highest BCUT2D eigenvalue weighted by molar-refractivity contribution is 7.89. The number of hydrogen-bond donors (Lipinski definition) is 1. The Kier molecular flexibility index (Phi) is 4.71. The molecule has 0 aliphatic carbocycles. The van der Waals surface area contributed by atoms with E-state index in [1.807, 2.05) is 0 Å². The summed E-state index contributed by atoms with van der Waals surface area (Å²) < 4.78 is 43.3. The second-order valence-corrected chi connectivity index (χ2v) is 9.20. The maximum absolute atomic E-state index is 13.1. The molecule has 2 aromatic rings. The van der Waals surface area contributed by atoms with Crippen molar-refractivity contribution in [2.45, 2.75) is 4.90 Å². The number of ether oxygens (including phenoxy) is 3. The molecule has 10 nitrogen and oxygen atoms in total. The molecule has 5 rings (SSSR count). The lowest BCUT2D eigenvalue weighted by atomic mass is 10.1. The number of carbonyl (C=O) groups is 2. The molecule has 0 radical (unpaired) electrons. The molecule has 0 spiro atoms. The van der Waals surface area contributed by atoms with Gasteiger partial charge in [0, 0.05) is 31.7 Å². The summed E-state index contributed by atoms with van der Waals surface area (Å²) in [5, 5.41) is 2.61. The molecule has 0 atom stereocenters. The molecule has 0 unspecified atom stereocenters. The molecule has 3 aliphatic rings. The van der Waals surface area contributed by atoms with Crippen molar-refractivity contribution in [3.63, 3.8) is 0 Å². The number of anilines is 1. The first-order valence-electron chi connectivity index (χ1n) is 9.67. The van der Waals surface area contributed by atoms with E-state index in [1.54, 1.807) is 23.1 Å². The van der Waals surface area contributed by atoms with Crippen molar-refractivity contribution < 1.29 is 32.2 Å². The van der Waals surface area contributed by atoms with Crippen LogP contribution in [-0.4, -0.2) is 69.0 Å². The molecule has 0 aromatic heterocycles. The molecule has 3 heterocycles. The van der Waals surface area contributed by atoms with Gasteiger partial charge in [-0.05, 0) is 36.4 Å². The van der Waals surface area contributed by atoms with Gasteiger partial charge in [0.25, 0.3) is 11.8 Å². The van der Waals surface area contributed by atoms with Gasteiger partial charge in [-0.2, -0.15) is 4.31 Å². The summed E-state index contributed by atoms with van der Waals surface area (Å²) in [7, 11) is -3.78. The summed E-state index contributed by atoms with van der Waals surface area (Å²) in [4.78, 5) is 26.0. The van der Waals surface area contributed by atoms with E-state index >= 15 is 0 Å². The number of amides is 2. The highest BCUT2D eigenvalue weighted by atomic mass is 32.2. The fourth-order valence-electron chi connectivity index (χ4n) is 3.72. The number of sulfonamides is 1. The van der Waals surface area contributed by atoms with Crippen molar-refractivity contribution in [2.75, 3.05) is 44.9 Å². The van der Waals surface area contributed by atoms with Crippen molar-refractivity contribution in [2.24, 2.45) is 0 Å². The lowest BCUT2D eigenvalue weighted by molar-refractivity contribution is -0.118. The van der Waals surface area contributed by atoms with Crippen molar-refractivity contribution >= 4 is 27.5 Å². The van der Waals surface area contributed by atoms with E-state index in [9.17, 15) is 18.0 Å². The van der Waals surface area contributed by atoms with Gasteiger partial charge in [-0.15, -0.1) is 0 Å². The lowest BCUT2D eigenvalue weighted by Crippen LogP contribution is -2.50. The Labute approximate surface area is 178 Å². The molecule has 1 fully saturated rings. The molecule has 3 aliphatic heterocycles. The Morgan fingerprint density at radius 2 is 1.65 bits per heavy atom. The summed E-state index contributed by atoms with van der Waals surface area (Å²) in [5.41, 5.74) is 0.792. The highest BCUT2D eigenvalue weighted by Gasteiger charge is 2.32. The van der Waals surface area contributed by atoms with Crippen LogP contribution in [0.1, 0.15) is 10.4 Å². The standard InChI is InChI=1S/C20H19N3O7S/c24-19-11-28-16-4-2-14(10-15(16)21-19)31(26,27)23-7-5-22(6-8-23)20(25)13-1-3-17-18(9-13)30-12-29-17/h1-4,9-10H,5-8,11-12H2,(H,21,24). The summed E-state index contributed by atoms with van der Waals surface area (Å²) in [6.45, 7) is 0.881. The first-order valence-corrected chi connectivity index (χ1v) is 11.1. The minimum atomic E-state index is -3.78. The van der Waals surface area contributed by atoms with Gasteiger partial charge < -0.3 is 24.4 Å². The number of nitrogens with zero attached hydrogens (tertiary/aromatic N) is 2. The van der Waals surface area contributed by atoms with Gasteiger partial charge in [-0.3, -0.25) is 9.59 Å². The Balaban J connectivity index is 1.28. The van der Waals surface area contributed by atoms with Gasteiger partial charge in [0.15, 0.2) is 18.1 Å². The minimum Gasteiger partial charge on any atom is -0.482 e. The molecule has 162 valence electrons. The zero-order chi connectivity index (χ0) is 21.6. The Morgan fingerprint density at radius 1 is 0.903 bits per heavy atom. The Bertz CT molecular complexity index is 1170. The van der Waals surface area contributed by atoms with Gasteiger partial charge in [-0.1, -0.05) is 0 Å². The largest absolute Gasteiger partial charge is 0.482 e. The van der Waals surface area contributed by atoms with Crippen molar-refractivity contribution in [1.82, 2.24) is 9.21 Å². The van der Waals surface area contributed by atoms with Crippen LogP contribution in [0.4, 0.5) is 5.69 Å². The lowest BCUT2D eigenvalue weighted by Gasteiger charge is -2.34. The van der Waals surface area contributed by atoms with E-state index in [4.69, 9.17) is 14.2 Å². The van der Waals surface area contributed by atoms with Gasteiger partial charge in [0.05, 0.1) is 10.6 Å². The molecule has 0 saturated carbocycles. The fraction of sp³-hybridized carbons (Fsp3) is 0.300. The number of rotatable bonds is 3. The second-order valence-electron chi connectivity index (χ2n) is 7.26. The summed E-state index contributed by atoms with van der Waals surface area (Å²) >= 11 is 0. The van der Waals surface area contributed by atoms with E-state index in [2.05, 4.69) is 5.32 Å². The molecule has 0 bridgehead atoms. The van der Waals surface area contributed by atoms with Crippen LogP contribution in [0.2, 0.25) is 0 Å². The molecule has 2 aromatic carbocycles. The molecule has 2 amide bonds. The van der Waals surface area contributed by atoms with Crippen LogP contribution in [0.25, 0.3) is 0 Å². The van der Waals surface area contributed by atoms with Crippen LogP contribution in [0.3, 0.4) is 0 Å². The Hall–Kier alpha value is -3.31. The van der Waals surface area contributed by atoms with Gasteiger partial charge >= 0.3 is 0 Å². The van der Waals surface area contributed by atoms with Crippen LogP contribution >= 0.6 is 0 Å².